The second-order valence-corrected chi connectivity index (χ2v) is 5.99. The van der Waals surface area contributed by atoms with E-state index in [2.05, 4.69) is 16.0 Å². The number of aliphatic carboxylic acids is 3. The van der Waals surface area contributed by atoms with Crippen LogP contribution >= 0.6 is 0 Å². The van der Waals surface area contributed by atoms with Crippen molar-refractivity contribution >= 4 is 35.6 Å². The fourth-order valence-electron chi connectivity index (χ4n) is 2.40. The summed E-state index contributed by atoms with van der Waals surface area (Å²) >= 11 is 0. The summed E-state index contributed by atoms with van der Waals surface area (Å²) in [6.45, 7) is 0. The normalized spacial score (nSPS) is 24.9. The van der Waals surface area contributed by atoms with Crippen LogP contribution in [0.4, 0.5) is 0 Å². The molecule has 3 amide bonds. The number of hydrogen-bond acceptors (Lipinski definition) is 6. The van der Waals surface area contributed by atoms with Crippen LogP contribution in [0.3, 0.4) is 0 Å². The van der Waals surface area contributed by atoms with Crippen LogP contribution in [0.5, 0.6) is 0 Å². The standard InChI is InChI=1S/3C5H7NO3.Gd/c3*7-4-2-1-3(6-4)5(8)9;/h3*3H,1-2H2,(H,6,7)(H,8,9);/t3*3-;/m000./s1. The molecule has 0 spiro atoms. The van der Waals surface area contributed by atoms with Gasteiger partial charge >= 0.3 is 17.9 Å². The average molecular weight is 545 g/mol. The topological polar surface area (TPSA) is 199 Å². The Morgan fingerprint density at radius 1 is 0.607 bits per heavy atom. The third kappa shape index (κ3) is 9.37. The minimum absolute atomic E-state index is 0. The van der Waals surface area contributed by atoms with Crippen LogP contribution in [-0.4, -0.2) is 69.1 Å². The zero-order valence-electron chi connectivity index (χ0n) is 14.6. The summed E-state index contributed by atoms with van der Waals surface area (Å²) in [6.07, 6.45) is 2.31. The fraction of sp³-hybridized carbons (Fsp3) is 0.600. The van der Waals surface area contributed by atoms with E-state index in [4.69, 9.17) is 15.3 Å². The van der Waals surface area contributed by atoms with Crippen LogP contribution in [0.25, 0.3) is 0 Å². The van der Waals surface area contributed by atoms with Gasteiger partial charge in [-0.2, -0.15) is 0 Å². The van der Waals surface area contributed by atoms with E-state index in [1.165, 1.54) is 0 Å². The zero-order chi connectivity index (χ0) is 20.6. The smallest absolute Gasteiger partial charge is 0.326 e. The first-order valence-corrected chi connectivity index (χ1v) is 8.16. The Bertz CT molecular complexity index is 555. The average Bonchev–Trinajstić information content (AvgIpc) is 3.30. The number of nitrogens with one attached hydrogen (secondary N) is 3. The van der Waals surface area contributed by atoms with E-state index in [-0.39, 0.29) is 57.7 Å². The maximum absolute atomic E-state index is 10.4. The third-order valence-electron chi connectivity index (χ3n) is 3.88. The second kappa shape index (κ2) is 12.6. The molecule has 158 valence electrons. The first kappa shape index (κ1) is 26.1. The SMILES string of the molecule is O=C1CC[C@@H](C(=O)O)N1.O=C1CC[C@@H](C(=O)O)N1.O=C1CC[C@@H](C(=O)O)N1.[Gd]. The molecular weight excluding hydrogens is 523 g/mol. The number of carbonyl (C=O) groups excluding carboxylic acids is 3. The molecule has 12 nitrogen and oxygen atoms in total. The van der Waals surface area contributed by atoms with Gasteiger partial charge in [-0.25, -0.2) is 14.4 Å². The molecule has 0 saturated carbocycles. The van der Waals surface area contributed by atoms with Crippen molar-refractivity contribution in [3.05, 3.63) is 0 Å². The second-order valence-electron chi connectivity index (χ2n) is 5.99. The van der Waals surface area contributed by atoms with Crippen LogP contribution in [0.2, 0.25) is 0 Å². The predicted octanol–water partition coefficient (Wildman–Crippen LogP) is -1.95. The largest absolute Gasteiger partial charge is 0.480 e. The predicted molar refractivity (Wildman–Crippen MR) is 86.4 cm³/mol. The number of carboxylic acid groups (broad SMARTS) is 3. The maximum atomic E-state index is 10.4. The van der Waals surface area contributed by atoms with E-state index < -0.39 is 36.0 Å². The van der Waals surface area contributed by atoms with Crippen molar-refractivity contribution in [2.75, 3.05) is 0 Å². The van der Waals surface area contributed by atoms with Crippen LogP contribution in [-0.2, 0) is 28.8 Å². The van der Waals surface area contributed by atoms with Gasteiger partial charge in [0.2, 0.25) is 17.7 Å². The van der Waals surface area contributed by atoms with E-state index in [1.54, 1.807) is 0 Å². The molecule has 28 heavy (non-hydrogen) atoms. The summed E-state index contributed by atoms with van der Waals surface area (Å²) in [5.74, 6) is -3.32. The third-order valence-corrected chi connectivity index (χ3v) is 3.88. The van der Waals surface area contributed by atoms with Gasteiger partial charge in [-0.3, -0.25) is 14.4 Å². The van der Waals surface area contributed by atoms with Crippen molar-refractivity contribution in [2.24, 2.45) is 0 Å². The molecule has 0 radical (unpaired) electrons. The van der Waals surface area contributed by atoms with Gasteiger partial charge in [-0.05, 0) is 19.3 Å². The Kier molecular flexibility index (Phi) is 11.7. The van der Waals surface area contributed by atoms with Gasteiger partial charge in [-0.15, -0.1) is 0 Å². The van der Waals surface area contributed by atoms with Gasteiger partial charge in [0.05, 0.1) is 0 Å². The van der Waals surface area contributed by atoms with Gasteiger partial charge in [-0.1, -0.05) is 0 Å². The van der Waals surface area contributed by atoms with Crippen LogP contribution < -0.4 is 16.0 Å². The van der Waals surface area contributed by atoms with E-state index in [9.17, 15) is 28.8 Å². The Labute approximate surface area is 191 Å². The molecular formula is C15H21GdN3O9. The molecule has 3 heterocycles. The quantitative estimate of drug-likeness (QED) is 0.234. The van der Waals surface area contributed by atoms with E-state index in [0.29, 0.717) is 38.5 Å². The van der Waals surface area contributed by atoms with E-state index in [1.807, 2.05) is 0 Å². The molecule has 3 atom stereocenters. The molecule has 0 unspecified atom stereocenters. The van der Waals surface area contributed by atoms with Crippen molar-refractivity contribution in [1.29, 1.82) is 0 Å². The molecule has 13 heteroatoms. The number of hydrogen-bond donors (Lipinski definition) is 6. The molecule has 3 fully saturated rings. The maximum Gasteiger partial charge on any atom is 0.326 e. The Morgan fingerprint density at radius 3 is 0.893 bits per heavy atom. The monoisotopic (exact) mass is 545 g/mol. The van der Waals surface area contributed by atoms with Crippen molar-refractivity contribution in [2.45, 2.75) is 56.7 Å². The molecule has 0 bridgehead atoms. The van der Waals surface area contributed by atoms with Crippen molar-refractivity contribution in [3.8, 4) is 0 Å². The van der Waals surface area contributed by atoms with Crippen LogP contribution in [0, 0.1) is 39.9 Å². The molecule has 3 aliphatic rings. The molecule has 0 aromatic carbocycles. The minimum atomic E-state index is -0.944. The molecule has 3 rings (SSSR count). The van der Waals surface area contributed by atoms with Gasteiger partial charge < -0.3 is 31.3 Å². The van der Waals surface area contributed by atoms with Gasteiger partial charge in [0, 0.05) is 59.2 Å². The molecule has 3 aliphatic heterocycles. The van der Waals surface area contributed by atoms with Gasteiger partial charge in [0.1, 0.15) is 18.1 Å². The van der Waals surface area contributed by atoms with E-state index in [0.717, 1.165) is 0 Å². The molecule has 6 N–H and O–H groups in total. The van der Waals surface area contributed by atoms with Gasteiger partial charge in [0.15, 0.2) is 0 Å². The number of amides is 3. The fourth-order valence-corrected chi connectivity index (χ4v) is 2.40. The Morgan fingerprint density at radius 2 is 0.821 bits per heavy atom. The molecule has 0 aromatic heterocycles. The first-order valence-electron chi connectivity index (χ1n) is 8.16. The van der Waals surface area contributed by atoms with Gasteiger partial charge in [0.25, 0.3) is 0 Å². The van der Waals surface area contributed by atoms with E-state index >= 15 is 0 Å². The summed E-state index contributed by atoms with van der Waals surface area (Å²) < 4.78 is 0. The Hall–Kier alpha value is -1.86. The van der Waals surface area contributed by atoms with Crippen LogP contribution in [0.15, 0.2) is 0 Å². The summed E-state index contributed by atoms with van der Waals surface area (Å²) in [4.78, 5) is 61.5. The first-order chi connectivity index (χ1) is 12.6. The molecule has 3 saturated heterocycles. The van der Waals surface area contributed by atoms with Crippen molar-refractivity contribution in [3.63, 3.8) is 0 Å². The molecule has 0 aromatic rings. The number of rotatable bonds is 3. The summed E-state index contributed by atoms with van der Waals surface area (Å²) in [5, 5.41) is 31.9. The van der Waals surface area contributed by atoms with Crippen molar-refractivity contribution in [1.82, 2.24) is 16.0 Å². The Balaban J connectivity index is 0.000000384. The van der Waals surface area contributed by atoms with Crippen molar-refractivity contribution < 1.29 is 84.0 Å². The summed E-state index contributed by atoms with van der Waals surface area (Å²) in [7, 11) is 0. The summed E-state index contributed by atoms with van der Waals surface area (Å²) in [5.41, 5.74) is 0. The van der Waals surface area contributed by atoms with Crippen LogP contribution in [0.1, 0.15) is 38.5 Å². The number of carbonyl (C=O) groups is 6. The zero-order valence-corrected chi connectivity index (χ0v) is 16.9. The molecule has 0 aliphatic carbocycles. The summed E-state index contributed by atoms with van der Waals surface area (Å²) in [6, 6.07) is -1.92. The number of carboxylic acids is 3. The minimum Gasteiger partial charge on any atom is -0.480 e.